The van der Waals surface area contributed by atoms with Gasteiger partial charge in [-0.05, 0) is 46.0 Å². The summed E-state index contributed by atoms with van der Waals surface area (Å²) >= 11 is 0. The molecule has 0 saturated carbocycles. The van der Waals surface area contributed by atoms with Crippen LogP contribution >= 0.6 is 0 Å². The molecule has 27 heavy (non-hydrogen) atoms. The van der Waals surface area contributed by atoms with Crippen LogP contribution in [-0.2, 0) is 9.59 Å². The van der Waals surface area contributed by atoms with Gasteiger partial charge in [0.1, 0.15) is 0 Å². The van der Waals surface area contributed by atoms with Gasteiger partial charge in [0.2, 0.25) is 11.8 Å². The minimum absolute atomic E-state index is 0.0125. The molecule has 156 valence electrons. The summed E-state index contributed by atoms with van der Waals surface area (Å²) in [6, 6.07) is -0.179. The lowest BCUT2D eigenvalue weighted by molar-refractivity contribution is -0.141. The van der Waals surface area contributed by atoms with Crippen molar-refractivity contribution < 1.29 is 9.59 Å². The average molecular weight is 381 g/mol. The van der Waals surface area contributed by atoms with E-state index in [9.17, 15) is 9.59 Å². The third kappa shape index (κ3) is 6.18. The molecular formula is C21H40N4O2. The number of piperidine rings is 1. The van der Waals surface area contributed by atoms with E-state index in [1.54, 1.807) is 0 Å². The molecular weight excluding hydrogens is 340 g/mol. The molecule has 2 fully saturated rings. The van der Waals surface area contributed by atoms with Crippen molar-refractivity contribution in [3.63, 3.8) is 0 Å². The molecule has 0 aromatic rings. The molecule has 1 unspecified atom stereocenters. The van der Waals surface area contributed by atoms with Crippen LogP contribution in [0.5, 0.6) is 0 Å². The van der Waals surface area contributed by atoms with Gasteiger partial charge >= 0.3 is 0 Å². The highest BCUT2D eigenvalue weighted by Crippen LogP contribution is 2.31. The third-order valence-corrected chi connectivity index (χ3v) is 5.60. The molecule has 1 atom stereocenters. The molecule has 6 nitrogen and oxygen atoms in total. The number of carbonyl (C=O) groups excluding carboxylic acids is 2. The first kappa shape index (κ1) is 22.2. The first-order valence-electron chi connectivity index (χ1n) is 10.3. The van der Waals surface area contributed by atoms with Crippen molar-refractivity contribution in [2.24, 2.45) is 5.41 Å². The standard InChI is InChI=1S/C21H40N4O2/c1-19(2,3)14-25-10-9-22-18(27)16(25)11-17(26)24(8)15-12-20(4,5)23-21(6,7)13-15/h15-16,23H,9-14H2,1-8H3,(H,22,27). The van der Waals surface area contributed by atoms with E-state index in [0.29, 0.717) is 6.54 Å². The van der Waals surface area contributed by atoms with E-state index in [0.717, 1.165) is 25.9 Å². The molecule has 2 N–H and O–H groups in total. The van der Waals surface area contributed by atoms with Gasteiger partial charge in [-0.3, -0.25) is 14.5 Å². The molecule has 0 aromatic heterocycles. The Hall–Kier alpha value is -1.14. The van der Waals surface area contributed by atoms with Crippen LogP contribution in [0.15, 0.2) is 0 Å². The smallest absolute Gasteiger partial charge is 0.237 e. The maximum absolute atomic E-state index is 13.1. The minimum Gasteiger partial charge on any atom is -0.353 e. The van der Waals surface area contributed by atoms with Crippen LogP contribution in [0.1, 0.15) is 67.7 Å². The number of amides is 2. The van der Waals surface area contributed by atoms with Gasteiger partial charge in [0.15, 0.2) is 0 Å². The van der Waals surface area contributed by atoms with Gasteiger partial charge in [0.25, 0.3) is 0 Å². The van der Waals surface area contributed by atoms with Gasteiger partial charge in [-0.2, -0.15) is 0 Å². The lowest BCUT2D eigenvalue weighted by atomic mass is 9.79. The molecule has 2 amide bonds. The highest BCUT2D eigenvalue weighted by atomic mass is 16.2. The molecule has 0 aromatic carbocycles. The van der Waals surface area contributed by atoms with Crippen LogP contribution in [0.25, 0.3) is 0 Å². The predicted octanol–water partition coefficient (Wildman–Crippen LogP) is 1.99. The number of nitrogens with one attached hydrogen (secondary N) is 2. The Morgan fingerprint density at radius 2 is 1.74 bits per heavy atom. The first-order chi connectivity index (χ1) is 12.2. The first-order valence-corrected chi connectivity index (χ1v) is 10.3. The summed E-state index contributed by atoms with van der Waals surface area (Å²) in [6.45, 7) is 17.6. The van der Waals surface area contributed by atoms with Crippen molar-refractivity contribution in [3.8, 4) is 0 Å². The van der Waals surface area contributed by atoms with Crippen LogP contribution in [0.2, 0.25) is 0 Å². The van der Waals surface area contributed by atoms with Gasteiger partial charge in [-0.1, -0.05) is 20.8 Å². The largest absolute Gasteiger partial charge is 0.353 e. The summed E-state index contributed by atoms with van der Waals surface area (Å²) in [5.74, 6) is 0.0488. The maximum atomic E-state index is 13.1. The minimum atomic E-state index is -0.365. The average Bonchev–Trinajstić information content (AvgIpc) is 2.45. The lowest BCUT2D eigenvalue weighted by Gasteiger charge is -2.49. The summed E-state index contributed by atoms with van der Waals surface area (Å²) in [6.07, 6.45) is 2.09. The summed E-state index contributed by atoms with van der Waals surface area (Å²) in [5, 5.41) is 6.60. The molecule has 2 aliphatic rings. The highest BCUT2D eigenvalue weighted by Gasteiger charge is 2.41. The number of carbonyl (C=O) groups is 2. The fourth-order valence-electron chi connectivity index (χ4n) is 4.84. The molecule has 6 heteroatoms. The molecule has 0 bridgehead atoms. The summed E-state index contributed by atoms with van der Waals surface area (Å²) in [7, 11) is 1.90. The summed E-state index contributed by atoms with van der Waals surface area (Å²) < 4.78 is 0. The van der Waals surface area contributed by atoms with Crippen molar-refractivity contribution in [2.75, 3.05) is 26.7 Å². The zero-order valence-corrected chi connectivity index (χ0v) is 18.6. The van der Waals surface area contributed by atoms with E-state index in [-0.39, 0.29) is 46.8 Å². The molecule has 0 aliphatic carbocycles. The maximum Gasteiger partial charge on any atom is 0.237 e. The summed E-state index contributed by atoms with van der Waals surface area (Å²) in [5.41, 5.74) is 0.0663. The number of rotatable bonds is 4. The Bertz CT molecular complexity index is 549. The van der Waals surface area contributed by atoms with Crippen molar-refractivity contribution in [1.82, 2.24) is 20.4 Å². The van der Waals surface area contributed by atoms with Crippen molar-refractivity contribution in [3.05, 3.63) is 0 Å². The SMILES string of the molecule is CN(C(=O)CC1C(=O)NCCN1CC(C)(C)C)C1CC(C)(C)NC(C)(C)C1. The van der Waals surface area contributed by atoms with Gasteiger partial charge in [0, 0.05) is 43.8 Å². The number of nitrogens with zero attached hydrogens (tertiary/aromatic N) is 2. The fourth-order valence-corrected chi connectivity index (χ4v) is 4.84. The molecule has 2 heterocycles. The summed E-state index contributed by atoms with van der Waals surface area (Å²) in [4.78, 5) is 29.7. The van der Waals surface area contributed by atoms with E-state index in [2.05, 4.69) is 64.0 Å². The van der Waals surface area contributed by atoms with E-state index in [4.69, 9.17) is 0 Å². The second-order valence-electron chi connectivity index (χ2n) is 11.0. The predicted molar refractivity (Wildman–Crippen MR) is 110 cm³/mol. The molecule has 2 aliphatic heterocycles. The van der Waals surface area contributed by atoms with Crippen LogP contribution in [0.3, 0.4) is 0 Å². The van der Waals surface area contributed by atoms with E-state index < -0.39 is 0 Å². The van der Waals surface area contributed by atoms with Gasteiger partial charge in [-0.15, -0.1) is 0 Å². The highest BCUT2D eigenvalue weighted by molar-refractivity contribution is 5.88. The van der Waals surface area contributed by atoms with Crippen molar-refractivity contribution >= 4 is 11.8 Å². The van der Waals surface area contributed by atoms with Gasteiger partial charge in [-0.25, -0.2) is 0 Å². The van der Waals surface area contributed by atoms with Crippen LogP contribution < -0.4 is 10.6 Å². The van der Waals surface area contributed by atoms with E-state index >= 15 is 0 Å². The number of hydrogen-bond acceptors (Lipinski definition) is 4. The normalized spacial score (nSPS) is 26.5. The van der Waals surface area contributed by atoms with Crippen LogP contribution in [0.4, 0.5) is 0 Å². The van der Waals surface area contributed by atoms with E-state index in [1.807, 2.05) is 11.9 Å². The number of piperazine rings is 1. The topological polar surface area (TPSA) is 64.7 Å². The van der Waals surface area contributed by atoms with E-state index in [1.165, 1.54) is 0 Å². The van der Waals surface area contributed by atoms with Crippen molar-refractivity contribution in [1.29, 1.82) is 0 Å². The lowest BCUT2D eigenvalue weighted by Crippen LogP contribution is -2.63. The number of hydrogen-bond donors (Lipinski definition) is 2. The molecule has 2 saturated heterocycles. The monoisotopic (exact) mass is 380 g/mol. The Kier molecular flexibility index (Phi) is 6.32. The zero-order valence-electron chi connectivity index (χ0n) is 18.6. The van der Waals surface area contributed by atoms with Crippen LogP contribution in [0, 0.1) is 5.41 Å². The Labute approximate surface area is 165 Å². The second-order valence-corrected chi connectivity index (χ2v) is 11.0. The Balaban J connectivity index is 2.08. The van der Waals surface area contributed by atoms with Crippen LogP contribution in [-0.4, -0.2) is 71.5 Å². The molecule has 0 radical (unpaired) electrons. The third-order valence-electron chi connectivity index (χ3n) is 5.60. The van der Waals surface area contributed by atoms with Gasteiger partial charge < -0.3 is 15.5 Å². The molecule has 2 rings (SSSR count). The fraction of sp³-hybridized carbons (Fsp3) is 0.905. The zero-order chi connectivity index (χ0) is 20.6. The Morgan fingerprint density at radius 3 is 2.26 bits per heavy atom. The Morgan fingerprint density at radius 1 is 1.19 bits per heavy atom. The molecule has 0 spiro atoms. The second kappa shape index (κ2) is 7.70. The van der Waals surface area contributed by atoms with Crippen molar-refractivity contribution in [2.45, 2.75) is 90.9 Å². The van der Waals surface area contributed by atoms with Gasteiger partial charge in [0.05, 0.1) is 12.5 Å². The quantitative estimate of drug-likeness (QED) is 0.783.